The molecule has 7 heteroatoms. The van der Waals surface area contributed by atoms with E-state index in [2.05, 4.69) is 31.4 Å². The quantitative estimate of drug-likeness (QED) is 0.766. The lowest BCUT2D eigenvalue weighted by Crippen LogP contribution is -2.34. The molecule has 0 saturated carbocycles. The molecule has 0 bridgehead atoms. The Morgan fingerprint density at radius 3 is 2.26 bits per heavy atom. The van der Waals surface area contributed by atoms with Crippen molar-refractivity contribution < 1.29 is 13.2 Å². The van der Waals surface area contributed by atoms with Crippen molar-refractivity contribution in [3.05, 3.63) is 41.6 Å². The largest absolute Gasteiger partial charge is 0.338 e. The van der Waals surface area contributed by atoms with Crippen LogP contribution in [-0.4, -0.2) is 21.0 Å². The lowest BCUT2D eigenvalue weighted by Gasteiger charge is -2.19. The molecule has 6 nitrogen and oxygen atoms in total. The highest BCUT2D eigenvalue weighted by molar-refractivity contribution is 7.89. The molecule has 0 atom stereocenters. The highest BCUT2D eigenvalue weighted by atomic mass is 32.2. The Hall–Kier alpha value is -1.86. The van der Waals surface area contributed by atoms with Gasteiger partial charge in [-0.05, 0) is 36.5 Å². The first kappa shape index (κ1) is 19.2. The van der Waals surface area contributed by atoms with Gasteiger partial charge in [0.05, 0.1) is 4.90 Å². The molecule has 23 heavy (non-hydrogen) atoms. The molecule has 1 aromatic carbocycles. The fraction of sp³-hybridized carbons (Fsp3) is 0.438. The molecule has 0 aliphatic heterocycles. The van der Waals surface area contributed by atoms with Crippen LogP contribution in [0, 0.1) is 5.41 Å². The van der Waals surface area contributed by atoms with Crippen LogP contribution < -0.4 is 15.8 Å². The van der Waals surface area contributed by atoms with Gasteiger partial charge >= 0.3 is 6.03 Å². The number of nitrogens with two attached hydrogens (primary N) is 1. The van der Waals surface area contributed by atoms with E-state index in [0.717, 1.165) is 11.1 Å². The van der Waals surface area contributed by atoms with E-state index in [4.69, 9.17) is 5.14 Å². The van der Waals surface area contributed by atoms with Crippen LogP contribution in [0.3, 0.4) is 0 Å². The van der Waals surface area contributed by atoms with Crippen molar-refractivity contribution in [3.8, 4) is 0 Å². The minimum Gasteiger partial charge on any atom is -0.338 e. The van der Waals surface area contributed by atoms with Crippen molar-refractivity contribution in [1.82, 2.24) is 10.6 Å². The van der Waals surface area contributed by atoms with Crippen molar-refractivity contribution >= 4 is 16.1 Å². The fourth-order valence-electron chi connectivity index (χ4n) is 1.61. The van der Waals surface area contributed by atoms with Crippen LogP contribution in [0.1, 0.15) is 33.3 Å². The van der Waals surface area contributed by atoms with Crippen LogP contribution in [0.2, 0.25) is 0 Å². The number of primary sulfonamides is 1. The van der Waals surface area contributed by atoms with Gasteiger partial charge in [0.2, 0.25) is 10.0 Å². The van der Waals surface area contributed by atoms with Crippen LogP contribution in [-0.2, 0) is 16.4 Å². The monoisotopic (exact) mass is 339 g/mol. The van der Waals surface area contributed by atoms with E-state index in [9.17, 15) is 13.2 Å². The van der Waals surface area contributed by atoms with Gasteiger partial charge in [-0.25, -0.2) is 18.4 Å². The molecule has 0 aromatic heterocycles. The van der Waals surface area contributed by atoms with Crippen LogP contribution >= 0.6 is 0 Å². The van der Waals surface area contributed by atoms with Gasteiger partial charge in [0.15, 0.2) is 0 Å². The third-order valence-electron chi connectivity index (χ3n) is 3.55. The van der Waals surface area contributed by atoms with Gasteiger partial charge in [-0.2, -0.15) is 0 Å². The summed E-state index contributed by atoms with van der Waals surface area (Å²) in [7, 11) is -3.67. The molecule has 0 spiro atoms. The standard InChI is InChI=1S/C16H25N3O3S/c1-12(16(2,3)4)11-19-15(20)18-10-9-13-5-7-14(8-6-13)23(17,21)22/h5-8,11H,9-10H2,1-4H3,(H2,17,21,22)(H2,18,19,20)/b12-11+. The Kier molecular flexibility index (Phi) is 6.35. The average Bonchev–Trinajstić information content (AvgIpc) is 2.43. The lowest BCUT2D eigenvalue weighted by atomic mass is 9.88. The first-order valence-electron chi connectivity index (χ1n) is 7.33. The summed E-state index contributed by atoms with van der Waals surface area (Å²) >= 11 is 0. The molecule has 0 unspecified atom stereocenters. The first-order valence-corrected chi connectivity index (χ1v) is 8.88. The van der Waals surface area contributed by atoms with Gasteiger partial charge in [0.25, 0.3) is 0 Å². The SMILES string of the molecule is C/C(=C\NC(=O)NCCc1ccc(S(N)(=O)=O)cc1)C(C)(C)C. The normalized spacial score (nSPS) is 12.8. The van der Waals surface area contributed by atoms with Gasteiger partial charge in [-0.1, -0.05) is 38.5 Å². The highest BCUT2D eigenvalue weighted by Crippen LogP contribution is 2.23. The van der Waals surface area contributed by atoms with E-state index in [1.807, 2.05) is 6.92 Å². The van der Waals surface area contributed by atoms with Crippen molar-refractivity contribution in [2.45, 2.75) is 39.0 Å². The molecule has 0 heterocycles. The zero-order valence-electron chi connectivity index (χ0n) is 14.0. The Morgan fingerprint density at radius 2 is 1.78 bits per heavy atom. The maximum Gasteiger partial charge on any atom is 0.318 e. The van der Waals surface area contributed by atoms with Crippen molar-refractivity contribution in [3.63, 3.8) is 0 Å². The van der Waals surface area contributed by atoms with E-state index in [-0.39, 0.29) is 16.3 Å². The minimum atomic E-state index is -3.67. The van der Waals surface area contributed by atoms with Crippen LogP contribution in [0.4, 0.5) is 4.79 Å². The zero-order chi connectivity index (χ0) is 17.7. The molecule has 0 saturated heterocycles. The number of hydrogen-bond donors (Lipinski definition) is 3. The fourth-order valence-corrected chi connectivity index (χ4v) is 2.12. The molecular formula is C16H25N3O3S. The number of carbonyl (C=O) groups excluding carboxylic acids is 1. The van der Waals surface area contributed by atoms with Crippen LogP contribution in [0.25, 0.3) is 0 Å². The van der Waals surface area contributed by atoms with Crippen molar-refractivity contribution in [2.75, 3.05) is 6.54 Å². The van der Waals surface area contributed by atoms with E-state index >= 15 is 0 Å². The summed E-state index contributed by atoms with van der Waals surface area (Å²) in [6.45, 7) is 8.63. The summed E-state index contributed by atoms with van der Waals surface area (Å²) in [5, 5.41) is 10.5. The summed E-state index contributed by atoms with van der Waals surface area (Å²) in [6.07, 6.45) is 2.30. The number of carbonyl (C=O) groups is 1. The Morgan fingerprint density at radius 1 is 1.22 bits per heavy atom. The van der Waals surface area contributed by atoms with Gasteiger partial charge in [-0.15, -0.1) is 0 Å². The van der Waals surface area contributed by atoms with Gasteiger partial charge in [0.1, 0.15) is 0 Å². The molecule has 4 N–H and O–H groups in total. The molecule has 0 radical (unpaired) electrons. The summed E-state index contributed by atoms with van der Waals surface area (Å²) < 4.78 is 22.3. The van der Waals surface area contributed by atoms with Crippen LogP contribution in [0.15, 0.2) is 40.9 Å². The molecule has 1 rings (SSSR count). The van der Waals surface area contributed by atoms with Crippen LogP contribution in [0.5, 0.6) is 0 Å². The van der Waals surface area contributed by atoms with Crippen molar-refractivity contribution in [1.29, 1.82) is 0 Å². The summed E-state index contributed by atoms with van der Waals surface area (Å²) in [6, 6.07) is 6.02. The number of nitrogens with one attached hydrogen (secondary N) is 2. The lowest BCUT2D eigenvalue weighted by molar-refractivity contribution is 0.244. The topological polar surface area (TPSA) is 101 Å². The second-order valence-electron chi connectivity index (χ2n) is 6.42. The molecule has 1 aromatic rings. The average molecular weight is 339 g/mol. The van der Waals surface area contributed by atoms with Crippen molar-refractivity contribution in [2.24, 2.45) is 10.6 Å². The Balaban J connectivity index is 2.44. The van der Waals surface area contributed by atoms with E-state index in [1.54, 1.807) is 18.3 Å². The third kappa shape index (κ3) is 6.83. The van der Waals surface area contributed by atoms with E-state index in [0.29, 0.717) is 13.0 Å². The molecule has 128 valence electrons. The predicted octanol–water partition coefficient (Wildman–Crippen LogP) is 2.13. The minimum absolute atomic E-state index is 0.0123. The summed E-state index contributed by atoms with van der Waals surface area (Å²) in [4.78, 5) is 11.8. The van der Waals surface area contributed by atoms with E-state index < -0.39 is 10.0 Å². The second kappa shape index (κ2) is 7.61. The summed E-state index contributed by atoms with van der Waals surface area (Å²) in [5.74, 6) is 0. The number of allylic oxidation sites excluding steroid dienone is 1. The Labute approximate surface area is 138 Å². The number of rotatable bonds is 5. The maximum absolute atomic E-state index is 11.7. The van der Waals surface area contributed by atoms with Gasteiger partial charge in [-0.3, -0.25) is 0 Å². The molecular weight excluding hydrogens is 314 g/mol. The second-order valence-corrected chi connectivity index (χ2v) is 7.98. The number of amides is 2. The van der Waals surface area contributed by atoms with Gasteiger partial charge < -0.3 is 10.6 Å². The molecule has 0 aliphatic rings. The third-order valence-corrected chi connectivity index (χ3v) is 4.48. The highest BCUT2D eigenvalue weighted by Gasteiger charge is 2.12. The number of urea groups is 1. The predicted molar refractivity (Wildman–Crippen MR) is 91.3 cm³/mol. The summed E-state index contributed by atoms with van der Waals surface area (Å²) in [5.41, 5.74) is 2.00. The number of hydrogen-bond acceptors (Lipinski definition) is 3. The number of sulfonamides is 1. The number of benzene rings is 1. The zero-order valence-corrected chi connectivity index (χ0v) is 14.8. The maximum atomic E-state index is 11.7. The molecule has 2 amide bonds. The first-order chi connectivity index (χ1) is 10.5. The van der Waals surface area contributed by atoms with Gasteiger partial charge in [0, 0.05) is 12.7 Å². The Bertz CT molecular complexity index is 672. The smallest absolute Gasteiger partial charge is 0.318 e. The molecule has 0 fully saturated rings. The molecule has 0 aliphatic carbocycles. The van der Waals surface area contributed by atoms with E-state index in [1.165, 1.54) is 12.1 Å².